The van der Waals surface area contributed by atoms with Crippen molar-refractivity contribution in [1.29, 1.82) is 0 Å². The van der Waals surface area contributed by atoms with Crippen LogP contribution in [-0.2, 0) is 6.42 Å². The number of H-pyrrole nitrogens is 1. The number of imidazole rings is 1. The molecule has 1 atom stereocenters. The number of aromatic hydroxyl groups is 1. The molecule has 1 unspecified atom stereocenters. The summed E-state index contributed by atoms with van der Waals surface area (Å²) in [7, 11) is 0. The molecule has 2 aromatic rings. The standard InChI is InChI=1S/C12H15N3O/c16-9-3-4-10-11(7-9)15-12(14-10)6-8-2-1-5-13-8/h3-4,7-8,13,16H,1-2,5-6H2,(H,14,15). The molecule has 3 N–H and O–H groups in total. The van der Waals surface area contributed by atoms with Crippen molar-refractivity contribution in [3.63, 3.8) is 0 Å². The molecule has 2 heterocycles. The molecular weight excluding hydrogens is 202 g/mol. The van der Waals surface area contributed by atoms with E-state index in [0.29, 0.717) is 6.04 Å². The molecule has 16 heavy (non-hydrogen) atoms. The van der Waals surface area contributed by atoms with Crippen LogP contribution < -0.4 is 5.32 Å². The van der Waals surface area contributed by atoms with Gasteiger partial charge in [0.1, 0.15) is 11.6 Å². The summed E-state index contributed by atoms with van der Waals surface area (Å²) < 4.78 is 0. The number of aromatic amines is 1. The normalized spacial score (nSPS) is 20.6. The molecule has 84 valence electrons. The van der Waals surface area contributed by atoms with Crippen LogP contribution in [0.4, 0.5) is 0 Å². The number of nitrogens with one attached hydrogen (secondary N) is 2. The third-order valence-electron chi connectivity index (χ3n) is 3.12. The van der Waals surface area contributed by atoms with E-state index in [1.165, 1.54) is 12.8 Å². The lowest BCUT2D eigenvalue weighted by molar-refractivity contribution is 0.476. The molecule has 1 aromatic heterocycles. The number of phenolic OH excluding ortho intramolecular Hbond substituents is 1. The summed E-state index contributed by atoms with van der Waals surface area (Å²) in [4.78, 5) is 7.76. The first-order chi connectivity index (χ1) is 7.81. The van der Waals surface area contributed by atoms with E-state index in [-0.39, 0.29) is 5.75 Å². The zero-order chi connectivity index (χ0) is 11.0. The molecule has 0 radical (unpaired) electrons. The highest BCUT2D eigenvalue weighted by Gasteiger charge is 2.16. The Balaban J connectivity index is 1.86. The predicted molar refractivity (Wildman–Crippen MR) is 62.5 cm³/mol. The second-order valence-electron chi connectivity index (χ2n) is 4.38. The highest BCUT2D eigenvalue weighted by Crippen LogP contribution is 2.19. The summed E-state index contributed by atoms with van der Waals surface area (Å²) in [5.41, 5.74) is 1.83. The van der Waals surface area contributed by atoms with Gasteiger partial charge in [0.25, 0.3) is 0 Å². The van der Waals surface area contributed by atoms with Gasteiger partial charge in [-0.05, 0) is 31.5 Å². The molecule has 4 nitrogen and oxygen atoms in total. The monoisotopic (exact) mass is 217 g/mol. The fourth-order valence-electron chi connectivity index (χ4n) is 2.31. The summed E-state index contributed by atoms with van der Waals surface area (Å²) in [5.74, 6) is 1.28. The lowest BCUT2D eigenvalue weighted by Crippen LogP contribution is -2.24. The molecule has 0 aliphatic carbocycles. The minimum absolute atomic E-state index is 0.279. The van der Waals surface area contributed by atoms with Crippen LogP contribution in [0.2, 0.25) is 0 Å². The van der Waals surface area contributed by atoms with E-state index in [1.54, 1.807) is 12.1 Å². The van der Waals surface area contributed by atoms with Crippen molar-refractivity contribution in [1.82, 2.24) is 15.3 Å². The van der Waals surface area contributed by atoms with Gasteiger partial charge < -0.3 is 15.4 Å². The number of rotatable bonds is 2. The topological polar surface area (TPSA) is 60.9 Å². The number of phenols is 1. The summed E-state index contributed by atoms with van der Waals surface area (Å²) in [6.07, 6.45) is 3.42. The van der Waals surface area contributed by atoms with E-state index in [4.69, 9.17) is 0 Å². The van der Waals surface area contributed by atoms with Crippen molar-refractivity contribution < 1.29 is 5.11 Å². The van der Waals surface area contributed by atoms with Crippen LogP contribution in [0.15, 0.2) is 18.2 Å². The van der Waals surface area contributed by atoms with E-state index in [2.05, 4.69) is 15.3 Å². The second-order valence-corrected chi connectivity index (χ2v) is 4.38. The molecule has 0 bridgehead atoms. The number of fused-ring (bicyclic) bond motifs is 1. The quantitative estimate of drug-likeness (QED) is 0.715. The third kappa shape index (κ3) is 1.76. The molecule has 0 saturated carbocycles. The fraction of sp³-hybridized carbons (Fsp3) is 0.417. The Morgan fingerprint density at radius 2 is 2.38 bits per heavy atom. The van der Waals surface area contributed by atoms with Crippen molar-refractivity contribution >= 4 is 11.0 Å². The van der Waals surface area contributed by atoms with E-state index in [0.717, 1.165) is 29.8 Å². The largest absolute Gasteiger partial charge is 0.508 e. The molecule has 4 heteroatoms. The summed E-state index contributed by atoms with van der Waals surface area (Å²) >= 11 is 0. The van der Waals surface area contributed by atoms with Crippen LogP contribution in [0.5, 0.6) is 5.75 Å². The van der Waals surface area contributed by atoms with Gasteiger partial charge in [-0.25, -0.2) is 4.98 Å². The number of nitrogens with zero attached hydrogens (tertiary/aromatic N) is 1. The SMILES string of the molecule is Oc1ccc2nc(CC3CCCN3)[nH]c2c1. The zero-order valence-corrected chi connectivity index (χ0v) is 9.03. The molecule has 1 fully saturated rings. The van der Waals surface area contributed by atoms with Crippen molar-refractivity contribution in [3.05, 3.63) is 24.0 Å². The van der Waals surface area contributed by atoms with Gasteiger partial charge in [0.05, 0.1) is 11.0 Å². The number of hydrogen-bond donors (Lipinski definition) is 3. The molecule has 1 aliphatic heterocycles. The van der Waals surface area contributed by atoms with Gasteiger partial charge in [-0.2, -0.15) is 0 Å². The first-order valence-electron chi connectivity index (χ1n) is 5.72. The van der Waals surface area contributed by atoms with Crippen LogP contribution in [0.3, 0.4) is 0 Å². The van der Waals surface area contributed by atoms with Crippen LogP contribution in [-0.4, -0.2) is 27.7 Å². The Morgan fingerprint density at radius 1 is 1.44 bits per heavy atom. The average Bonchev–Trinajstić information content (AvgIpc) is 2.86. The minimum atomic E-state index is 0.279. The minimum Gasteiger partial charge on any atom is -0.508 e. The van der Waals surface area contributed by atoms with E-state index in [1.807, 2.05) is 6.07 Å². The van der Waals surface area contributed by atoms with Crippen LogP contribution in [0.1, 0.15) is 18.7 Å². The Labute approximate surface area is 93.7 Å². The molecule has 1 saturated heterocycles. The third-order valence-corrected chi connectivity index (χ3v) is 3.12. The van der Waals surface area contributed by atoms with Crippen molar-refractivity contribution in [2.75, 3.05) is 6.54 Å². The molecule has 0 amide bonds. The first-order valence-corrected chi connectivity index (χ1v) is 5.72. The Bertz CT molecular complexity index is 500. The van der Waals surface area contributed by atoms with E-state index < -0.39 is 0 Å². The van der Waals surface area contributed by atoms with Crippen molar-refractivity contribution in [3.8, 4) is 5.75 Å². The Kier molecular flexibility index (Phi) is 2.29. The maximum atomic E-state index is 9.36. The summed E-state index contributed by atoms with van der Waals surface area (Å²) in [6, 6.07) is 5.77. The molecule has 0 spiro atoms. The highest BCUT2D eigenvalue weighted by atomic mass is 16.3. The number of aromatic nitrogens is 2. The van der Waals surface area contributed by atoms with Gasteiger partial charge >= 0.3 is 0 Å². The van der Waals surface area contributed by atoms with Gasteiger partial charge in [0.15, 0.2) is 0 Å². The van der Waals surface area contributed by atoms with Crippen LogP contribution in [0.25, 0.3) is 11.0 Å². The van der Waals surface area contributed by atoms with Gasteiger partial charge in [0, 0.05) is 18.5 Å². The molecular formula is C12H15N3O. The van der Waals surface area contributed by atoms with Gasteiger partial charge in [-0.1, -0.05) is 0 Å². The van der Waals surface area contributed by atoms with Gasteiger partial charge in [-0.15, -0.1) is 0 Å². The van der Waals surface area contributed by atoms with Crippen LogP contribution in [0, 0.1) is 0 Å². The van der Waals surface area contributed by atoms with Crippen LogP contribution >= 0.6 is 0 Å². The average molecular weight is 217 g/mol. The molecule has 1 aliphatic rings. The van der Waals surface area contributed by atoms with Crippen molar-refractivity contribution in [2.45, 2.75) is 25.3 Å². The first kappa shape index (κ1) is 9.66. The van der Waals surface area contributed by atoms with E-state index >= 15 is 0 Å². The summed E-state index contributed by atoms with van der Waals surface area (Å²) in [6.45, 7) is 1.12. The highest BCUT2D eigenvalue weighted by molar-refractivity contribution is 5.76. The van der Waals surface area contributed by atoms with Gasteiger partial charge in [0.2, 0.25) is 0 Å². The Morgan fingerprint density at radius 3 is 3.19 bits per heavy atom. The van der Waals surface area contributed by atoms with E-state index in [9.17, 15) is 5.11 Å². The summed E-state index contributed by atoms with van der Waals surface area (Å²) in [5, 5.41) is 12.8. The number of benzene rings is 1. The Hall–Kier alpha value is -1.55. The molecule has 1 aromatic carbocycles. The fourth-order valence-corrected chi connectivity index (χ4v) is 2.31. The van der Waals surface area contributed by atoms with Crippen molar-refractivity contribution in [2.24, 2.45) is 0 Å². The smallest absolute Gasteiger partial charge is 0.117 e. The predicted octanol–water partition coefficient (Wildman–Crippen LogP) is 1.56. The maximum Gasteiger partial charge on any atom is 0.117 e. The second kappa shape index (κ2) is 3.79. The lowest BCUT2D eigenvalue weighted by Gasteiger charge is -2.06. The maximum absolute atomic E-state index is 9.36. The van der Waals surface area contributed by atoms with Gasteiger partial charge in [-0.3, -0.25) is 0 Å². The molecule has 3 rings (SSSR count). The zero-order valence-electron chi connectivity index (χ0n) is 9.03. The number of hydrogen-bond acceptors (Lipinski definition) is 3. The lowest BCUT2D eigenvalue weighted by atomic mass is 10.1.